The number of benzene rings is 3. The largest absolute Gasteiger partial charge is 0.489 e. The molecule has 0 atom stereocenters. The Morgan fingerprint density at radius 2 is 1.52 bits per heavy atom. The fourth-order valence-corrected chi connectivity index (χ4v) is 2.97. The molecule has 0 aliphatic carbocycles. The SMILES string of the molecule is N#Cc1ccccc1COc1ccc(/C=N\N2C(=O)c3ccccc3C2=O)cc1. The number of fused-ring (bicyclic) bond motifs is 1. The third kappa shape index (κ3) is 3.62. The monoisotopic (exact) mass is 381 g/mol. The highest BCUT2D eigenvalue weighted by atomic mass is 16.5. The second-order valence-electron chi connectivity index (χ2n) is 6.34. The Labute approximate surface area is 167 Å². The van der Waals surface area contributed by atoms with Crippen LogP contribution in [0.4, 0.5) is 0 Å². The second kappa shape index (κ2) is 7.79. The van der Waals surface area contributed by atoms with E-state index in [9.17, 15) is 9.59 Å². The van der Waals surface area contributed by atoms with Crippen molar-refractivity contribution in [3.05, 3.63) is 101 Å². The molecule has 0 N–H and O–H groups in total. The van der Waals surface area contributed by atoms with Gasteiger partial charge in [0.05, 0.1) is 29.0 Å². The molecule has 0 aromatic heterocycles. The molecule has 1 heterocycles. The number of imide groups is 1. The molecule has 6 heteroatoms. The van der Waals surface area contributed by atoms with Crippen LogP contribution in [-0.4, -0.2) is 23.0 Å². The second-order valence-corrected chi connectivity index (χ2v) is 6.34. The van der Waals surface area contributed by atoms with Crippen molar-refractivity contribution in [2.24, 2.45) is 5.10 Å². The van der Waals surface area contributed by atoms with Crippen molar-refractivity contribution in [2.75, 3.05) is 0 Å². The van der Waals surface area contributed by atoms with Gasteiger partial charge in [-0.25, -0.2) is 0 Å². The van der Waals surface area contributed by atoms with Gasteiger partial charge >= 0.3 is 0 Å². The van der Waals surface area contributed by atoms with Crippen LogP contribution in [0.2, 0.25) is 0 Å². The average Bonchev–Trinajstić information content (AvgIpc) is 3.02. The van der Waals surface area contributed by atoms with Crippen molar-refractivity contribution >= 4 is 18.0 Å². The predicted octanol–water partition coefficient (Wildman–Crippen LogP) is 3.77. The lowest BCUT2D eigenvalue weighted by atomic mass is 10.1. The van der Waals surface area contributed by atoms with Gasteiger partial charge in [-0.15, -0.1) is 0 Å². The van der Waals surface area contributed by atoms with Crippen LogP contribution < -0.4 is 4.74 Å². The van der Waals surface area contributed by atoms with E-state index >= 15 is 0 Å². The molecule has 0 fully saturated rings. The summed E-state index contributed by atoms with van der Waals surface area (Å²) in [7, 11) is 0. The fraction of sp³-hybridized carbons (Fsp3) is 0.0435. The molecular formula is C23H15N3O3. The normalized spacial score (nSPS) is 12.9. The van der Waals surface area contributed by atoms with Crippen LogP contribution in [0.5, 0.6) is 5.75 Å². The maximum absolute atomic E-state index is 12.3. The van der Waals surface area contributed by atoms with Gasteiger partial charge in [-0.2, -0.15) is 15.4 Å². The van der Waals surface area contributed by atoms with Gasteiger partial charge in [0.15, 0.2) is 0 Å². The number of ether oxygens (including phenoxy) is 1. The Bertz CT molecular complexity index is 1130. The number of carbonyl (C=O) groups is 2. The number of hydrogen-bond acceptors (Lipinski definition) is 5. The third-order valence-electron chi connectivity index (χ3n) is 4.51. The van der Waals surface area contributed by atoms with Gasteiger partial charge in [0.2, 0.25) is 0 Å². The molecular weight excluding hydrogens is 366 g/mol. The van der Waals surface area contributed by atoms with Crippen molar-refractivity contribution in [3.63, 3.8) is 0 Å². The van der Waals surface area contributed by atoms with Crippen LogP contribution in [0.25, 0.3) is 0 Å². The van der Waals surface area contributed by atoms with Gasteiger partial charge in [0.1, 0.15) is 12.4 Å². The zero-order chi connectivity index (χ0) is 20.2. The molecule has 6 nitrogen and oxygen atoms in total. The molecule has 1 aliphatic heterocycles. The summed E-state index contributed by atoms with van der Waals surface area (Å²) in [5.74, 6) is -0.230. The Morgan fingerprint density at radius 1 is 0.897 bits per heavy atom. The van der Waals surface area contributed by atoms with Crippen LogP contribution in [-0.2, 0) is 6.61 Å². The highest BCUT2D eigenvalue weighted by Gasteiger charge is 2.35. The molecule has 3 aromatic carbocycles. The van der Waals surface area contributed by atoms with E-state index in [-0.39, 0.29) is 6.61 Å². The number of rotatable bonds is 5. The summed E-state index contributed by atoms with van der Waals surface area (Å²) in [4.78, 5) is 24.6. The molecule has 29 heavy (non-hydrogen) atoms. The number of carbonyl (C=O) groups excluding carboxylic acids is 2. The Balaban J connectivity index is 1.42. The lowest BCUT2D eigenvalue weighted by Crippen LogP contribution is -2.23. The van der Waals surface area contributed by atoms with Gasteiger partial charge in [-0.05, 0) is 48.0 Å². The molecule has 0 unspecified atom stereocenters. The standard InChI is InChI=1S/C23H15N3O3/c24-13-17-5-1-2-6-18(17)15-29-19-11-9-16(10-12-19)14-25-26-22(27)20-7-3-4-8-21(20)23(26)28/h1-12,14H,15H2/b25-14-. The molecule has 3 aromatic rings. The van der Waals surface area contributed by atoms with Crippen molar-refractivity contribution in [3.8, 4) is 11.8 Å². The highest BCUT2D eigenvalue weighted by molar-refractivity contribution is 6.21. The van der Waals surface area contributed by atoms with E-state index in [2.05, 4.69) is 11.2 Å². The predicted molar refractivity (Wildman–Crippen MR) is 106 cm³/mol. The zero-order valence-corrected chi connectivity index (χ0v) is 15.3. The van der Waals surface area contributed by atoms with E-state index in [1.54, 1.807) is 54.6 Å². The maximum Gasteiger partial charge on any atom is 0.282 e. The maximum atomic E-state index is 12.3. The van der Waals surface area contributed by atoms with E-state index < -0.39 is 11.8 Å². The first kappa shape index (κ1) is 18.1. The number of hydrogen-bond donors (Lipinski definition) is 0. The summed E-state index contributed by atoms with van der Waals surface area (Å²) in [5.41, 5.74) is 2.82. The Kier molecular flexibility index (Phi) is 4.87. The van der Waals surface area contributed by atoms with E-state index in [4.69, 9.17) is 10.00 Å². The van der Waals surface area contributed by atoms with E-state index in [1.165, 1.54) is 6.21 Å². The first-order chi connectivity index (χ1) is 14.2. The first-order valence-corrected chi connectivity index (χ1v) is 8.90. The fourth-order valence-electron chi connectivity index (χ4n) is 2.97. The minimum absolute atomic E-state index is 0.284. The van der Waals surface area contributed by atoms with Crippen LogP contribution in [0.15, 0.2) is 77.9 Å². The summed E-state index contributed by atoms with van der Waals surface area (Å²) >= 11 is 0. The van der Waals surface area contributed by atoms with Crippen molar-refractivity contribution in [1.29, 1.82) is 5.26 Å². The highest BCUT2D eigenvalue weighted by Crippen LogP contribution is 2.22. The summed E-state index contributed by atoms with van der Waals surface area (Å²) in [6.07, 6.45) is 1.45. The summed E-state index contributed by atoms with van der Waals surface area (Å²) < 4.78 is 5.73. The Morgan fingerprint density at radius 3 is 2.17 bits per heavy atom. The van der Waals surface area contributed by atoms with E-state index in [0.717, 1.165) is 10.6 Å². The smallest absolute Gasteiger partial charge is 0.282 e. The summed E-state index contributed by atoms with van der Waals surface area (Å²) in [5, 5.41) is 14.0. The molecule has 0 spiro atoms. The van der Waals surface area contributed by atoms with Crippen LogP contribution >= 0.6 is 0 Å². The van der Waals surface area contributed by atoms with E-state index in [0.29, 0.717) is 28.0 Å². The average molecular weight is 381 g/mol. The Hall–Kier alpha value is -4.24. The minimum atomic E-state index is -0.432. The molecule has 2 amide bonds. The van der Waals surface area contributed by atoms with Crippen molar-refractivity contribution in [1.82, 2.24) is 5.01 Å². The molecule has 0 saturated heterocycles. The van der Waals surface area contributed by atoms with Gasteiger partial charge in [0.25, 0.3) is 11.8 Å². The third-order valence-corrected chi connectivity index (χ3v) is 4.51. The van der Waals surface area contributed by atoms with Crippen LogP contribution in [0.3, 0.4) is 0 Å². The van der Waals surface area contributed by atoms with Crippen LogP contribution in [0.1, 0.15) is 37.4 Å². The van der Waals surface area contributed by atoms with E-state index in [1.807, 2.05) is 18.2 Å². The molecule has 0 bridgehead atoms. The van der Waals surface area contributed by atoms with Gasteiger partial charge in [0, 0.05) is 5.56 Å². The van der Waals surface area contributed by atoms with Crippen molar-refractivity contribution in [2.45, 2.75) is 6.61 Å². The summed E-state index contributed by atoms with van der Waals surface area (Å²) in [6, 6.07) is 23.1. The van der Waals surface area contributed by atoms with Crippen molar-refractivity contribution < 1.29 is 14.3 Å². The molecule has 1 aliphatic rings. The van der Waals surface area contributed by atoms with Gasteiger partial charge in [-0.3, -0.25) is 9.59 Å². The zero-order valence-electron chi connectivity index (χ0n) is 15.3. The van der Waals surface area contributed by atoms with Crippen LogP contribution in [0, 0.1) is 11.3 Å². The number of amides is 2. The first-order valence-electron chi connectivity index (χ1n) is 8.90. The van der Waals surface area contributed by atoms with Gasteiger partial charge in [-0.1, -0.05) is 30.3 Å². The number of nitriles is 1. The van der Waals surface area contributed by atoms with Gasteiger partial charge < -0.3 is 4.74 Å². The molecule has 0 radical (unpaired) electrons. The molecule has 4 rings (SSSR count). The minimum Gasteiger partial charge on any atom is -0.489 e. The number of nitrogens with zero attached hydrogens (tertiary/aromatic N) is 3. The quantitative estimate of drug-likeness (QED) is 0.498. The number of hydrazone groups is 1. The lowest BCUT2D eigenvalue weighted by Gasteiger charge is -2.08. The summed E-state index contributed by atoms with van der Waals surface area (Å²) in [6.45, 7) is 0.284. The lowest BCUT2D eigenvalue weighted by molar-refractivity contribution is 0.0660. The molecule has 140 valence electrons. The molecule has 0 saturated carbocycles. The topological polar surface area (TPSA) is 82.8 Å².